The van der Waals surface area contributed by atoms with Crippen LogP contribution in [0.25, 0.3) is 16.9 Å². The van der Waals surface area contributed by atoms with Gasteiger partial charge in [-0.3, -0.25) is 14.7 Å². The predicted molar refractivity (Wildman–Crippen MR) is 146 cm³/mol. The number of aryl methyl sites for hydroxylation is 1. The van der Waals surface area contributed by atoms with Crippen molar-refractivity contribution in [1.82, 2.24) is 14.1 Å². The molecular weight excluding hydrogens is 510 g/mol. The second-order valence-corrected chi connectivity index (χ2v) is 11.6. The molecular formula is C28H28ClN3O4S. The van der Waals surface area contributed by atoms with Crippen LogP contribution in [0, 0.1) is 12.8 Å². The summed E-state index contributed by atoms with van der Waals surface area (Å²) in [6.45, 7) is 5.28. The number of nitrogens with one attached hydrogen (secondary N) is 1. The van der Waals surface area contributed by atoms with E-state index >= 15 is 0 Å². The predicted octanol–water partition coefficient (Wildman–Crippen LogP) is 5.32. The van der Waals surface area contributed by atoms with Crippen molar-refractivity contribution in [2.75, 3.05) is 13.1 Å². The Hall–Kier alpha value is -3.46. The van der Waals surface area contributed by atoms with Crippen LogP contribution in [0.3, 0.4) is 0 Å². The van der Waals surface area contributed by atoms with Crippen LogP contribution in [-0.4, -0.2) is 41.4 Å². The molecule has 4 aromatic rings. The molecule has 3 aromatic carbocycles. The van der Waals surface area contributed by atoms with Gasteiger partial charge >= 0.3 is 0 Å². The van der Waals surface area contributed by atoms with Gasteiger partial charge in [-0.1, -0.05) is 73.5 Å². The number of carbonyl (C=O) groups is 1. The molecule has 192 valence electrons. The average Bonchev–Trinajstić information content (AvgIpc) is 3.21. The number of sulfonamides is 1. The fourth-order valence-electron chi connectivity index (χ4n) is 4.04. The first-order valence-electron chi connectivity index (χ1n) is 11.8. The van der Waals surface area contributed by atoms with Gasteiger partial charge in [0, 0.05) is 17.1 Å². The number of aromatic nitrogens is 2. The first kappa shape index (κ1) is 26.6. The van der Waals surface area contributed by atoms with E-state index in [0.717, 1.165) is 9.87 Å². The van der Waals surface area contributed by atoms with Gasteiger partial charge in [0.1, 0.15) is 5.56 Å². The summed E-state index contributed by atoms with van der Waals surface area (Å²) < 4.78 is 29.5. The molecule has 0 radical (unpaired) electrons. The van der Waals surface area contributed by atoms with Gasteiger partial charge in [0.05, 0.1) is 22.8 Å². The number of nitrogens with zero attached hydrogens (tertiary/aromatic N) is 2. The molecule has 0 saturated heterocycles. The number of ketones is 1. The third-order valence-electron chi connectivity index (χ3n) is 5.86. The number of rotatable bonds is 9. The maximum atomic E-state index is 13.7. The minimum absolute atomic E-state index is 0.0430. The van der Waals surface area contributed by atoms with Crippen LogP contribution in [0.5, 0.6) is 0 Å². The topological polar surface area (TPSA) is 92.2 Å². The lowest BCUT2D eigenvalue weighted by molar-refractivity contribution is 0.0963. The van der Waals surface area contributed by atoms with E-state index in [4.69, 9.17) is 11.6 Å². The summed E-state index contributed by atoms with van der Waals surface area (Å²) in [6, 6.07) is 22.1. The highest BCUT2D eigenvalue weighted by atomic mass is 35.5. The second kappa shape index (κ2) is 10.9. The van der Waals surface area contributed by atoms with Crippen molar-refractivity contribution in [2.24, 2.45) is 5.92 Å². The molecule has 0 aliphatic rings. The van der Waals surface area contributed by atoms with Gasteiger partial charge in [-0.25, -0.2) is 13.1 Å². The molecule has 0 spiro atoms. The Kier molecular flexibility index (Phi) is 7.82. The summed E-state index contributed by atoms with van der Waals surface area (Å²) in [5.41, 5.74) is 1.71. The van der Waals surface area contributed by atoms with E-state index < -0.39 is 27.9 Å². The molecule has 0 atom stereocenters. The summed E-state index contributed by atoms with van der Waals surface area (Å²) in [5.74, 6) is -0.636. The van der Waals surface area contributed by atoms with E-state index in [-0.39, 0.29) is 22.9 Å². The summed E-state index contributed by atoms with van der Waals surface area (Å²) in [5, 5.41) is 3.55. The van der Waals surface area contributed by atoms with Gasteiger partial charge in [-0.2, -0.15) is 4.31 Å². The number of H-pyrrole nitrogens is 1. The van der Waals surface area contributed by atoms with Crippen molar-refractivity contribution in [3.8, 4) is 16.9 Å². The van der Waals surface area contributed by atoms with Crippen LogP contribution in [-0.2, 0) is 10.0 Å². The highest BCUT2D eigenvalue weighted by Gasteiger charge is 2.31. The molecule has 0 aliphatic heterocycles. The van der Waals surface area contributed by atoms with E-state index in [2.05, 4.69) is 5.10 Å². The maximum Gasteiger partial charge on any atom is 0.282 e. The maximum absolute atomic E-state index is 13.7. The van der Waals surface area contributed by atoms with E-state index in [1.54, 1.807) is 60.7 Å². The van der Waals surface area contributed by atoms with Crippen LogP contribution in [0.1, 0.15) is 29.8 Å². The summed E-state index contributed by atoms with van der Waals surface area (Å²) in [6.07, 6.45) is 0. The Morgan fingerprint density at radius 1 is 0.973 bits per heavy atom. The smallest absolute Gasteiger partial charge is 0.282 e. The normalized spacial score (nSPS) is 11.8. The number of benzene rings is 3. The Morgan fingerprint density at radius 3 is 2.19 bits per heavy atom. The Morgan fingerprint density at radius 2 is 1.59 bits per heavy atom. The molecule has 0 bridgehead atoms. The number of aromatic amines is 1. The highest BCUT2D eigenvalue weighted by molar-refractivity contribution is 7.89. The van der Waals surface area contributed by atoms with Gasteiger partial charge in [0.15, 0.2) is 5.78 Å². The van der Waals surface area contributed by atoms with Crippen molar-refractivity contribution in [3.05, 3.63) is 105 Å². The molecule has 1 N–H and O–H groups in total. The lowest BCUT2D eigenvalue weighted by atomic mass is 10.0. The number of halogens is 1. The number of hydrogen-bond acceptors (Lipinski definition) is 4. The summed E-state index contributed by atoms with van der Waals surface area (Å²) in [4.78, 5) is 27.4. The second-order valence-electron chi connectivity index (χ2n) is 9.27. The van der Waals surface area contributed by atoms with Gasteiger partial charge in [0.25, 0.3) is 5.56 Å². The lowest BCUT2D eigenvalue weighted by Gasteiger charge is -2.23. The van der Waals surface area contributed by atoms with Crippen molar-refractivity contribution < 1.29 is 13.2 Å². The fraction of sp³-hybridized carbons (Fsp3) is 0.214. The first-order valence-corrected chi connectivity index (χ1v) is 13.7. The molecule has 1 heterocycles. The monoisotopic (exact) mass is 537 g/mol. The van der Waals surface area contributed by atoms with Crippen molar-refractivity contribution in [3.63, 3.8) is 0 Å². The Bertz CT molecular complexity index is 1560. The number of carbonyl (C=O) groups excluding carboxylic acids is 1. The molecule has 7 nitrogen and oxygen atoms in total. The van der Waals surface area contributed by atoms with E-state index in [1.165, 1.54) is 16.8 Å². The molecule has 0 saturated carbocycles. The van der Waals surface area contributed by atoms with Crippen molar-refractivity contribution >= 4 is 27.4 Å². The van der Waals surface area contributed by atoms with Crippen LogP contribution in [0.15, 0.2) is 88.6 Å². The van der Waals surface area contributed by atoms with Gasteiger partial charge < -0.3 is 0 Å². The van der Waals surface area contributed by atoms with Gasteiger partial charge in [-0.05, 0) is 49.2 Å². The molecule has 0 unspecified atom stereocenters. The fourth-order valence-corrected chi connectivity index (χ4v) is 5.72. The van der Waals surface area contributed by atoms with Crippen LogP contribution < -0.4 is 5.56 Å². The zero-order valence-corrected chi connectivity index (χ0v) is 22.4. The van der Waals surface area contributed by atoms with Gasteiger partial charge in [-0.15, -0.1) is 0 Å². The Labute approximate surface area is 221 Å². The SMILES string of the molecule is Cc1ccc(S(=O)(=O)N(CC(=O)c2c(-c3ccccc3)[nH]n(-c3ccc(Cl)cc3)c2=O)CC(C)C)cc1. The number of Topliss-reactive ketones (excluding diaryl/α,β-unsaturated/α-hetero) is 1. The Balaban J connectivity index is 1.80. The zero-order valence-electron chi connectivity index (χ0n) is 20.8. The lowest BCUT2D eigenvalue weighted by Crippen LogP contribution is -2.39. The largest absolute Gasteiger partial charge is 0.292 e. The quantitative estimate of drug-likeness (QED) is 0.292. The zero-order chi connectivity index (χ0) is 26.7. The van der Waals surface area contributed by atoms with E-state index in [0.29, 0.717) is 22.0 Å². The molecule has 0 fully saturated rings. The minimum Gasteiger partial charge on any atom is -0.292 e. The summed E-state index contributed by atoms with van der Waals surface area (Å²) >= 11 is 6.01. The molecule has 1 aromatic heterocycles. The third kappa shape index (κ3) is 5.77. The van der Waals surface area contributed by atoms with Crippen molar-refractivity contribution in [1.29, 1.82) is 0 Å². The van der Waals surface area contributed by atoms with E-state index in [9.17, 15) is 18.0 Å². The van der Waals surface area contributed by atoms with Crippen LogP contribution in [0.4, 0.5) is 0 Å². The molecule has 37 heavy (non-hydrogen) atoms. The van der Waals surface area contributed by atoms with Crippen LogP contribution >= 0.6 is 11.6 Å². The standard InChI is InChI=1S/C28H28ClN3O4S/c1-19(2)17-31(37(35,36)24-15-9-20(3)10-16-24)18-25(33)26-27(21-7-5-4-6-8-21)30-32(28(26)34)23-13-11-22(29)12-14-23/h4-16,19,30H,17-18H2,1-3H3. The summed E-state index contributed by atoms with van der Waals surface area (Å²) in [7, 11) is -3.98. The molecule has 0 amide bonds. The number of hydrogen-bond donors (Lipinski definition) is 1. The highest BCUT2D eigenvalue weighted by Crippen LogP contribution is 2.24. The van der Waals surface area contributed by atoms with E-state index in [1.807, 2.05) is 26.8 Å². The van der Waals surface area contributed by atoms with Crippen molar-refractivity contribution in [2.45, 2.75) is 25.7 Å². The van der Waals surface area contributed by atoms with Crippen LogP contribution in [0.2, 0.25) is 5.02 Å². The molecule has 9 heteroatoms. The molecule has 0 aliphatic carbocycles. The molecule has 4 rings (SSSR count). The average molecular weight is 538 g/mol. The first-order chi connectivity index (χ1) is 17.6. The van der Waals surface area contributed by atoms with Gasteiger partial charge in [0.2, 0.25) is 10.0 Å². The minimum atomic E-state index is -3.98. The third-order valence-corrected chi connectivity index (χ3v) is 7.94.